The van der Waals surface area contributed by atoms with Crippen LogP contribution in [-0.4, -0.2) is 28.4 Å². The van der Waals surface area contributed by atoms with Gasteiger partial charge in [-0.3, -0.25) is 0 Å². The molecule has 0 saturated heterocycles. The van der Waals surface area contributed by atoms with Crippen LogP contribution < -0.4 is 10.5 Å². The predicted octanol–water partition coefficient (Wildman–Crippen LogP) is 0.992. The highest BCUT2D eigenvalue weighted by atomic mass is 16.5. The summed E-state index contributed by atoms with van der Waals surface area (Å²) in [5.74, 6) is 2.58. The van der Waals surface area contributed by atoms with Crippen LogP contribution in [0.15, 0.2) is 24.3 Å². The highest BCUT2D eigenvalue weighted by molar-refractivity contribution is 5.56. The van der Waals surface area contributed by atoms with E-state index >= 15 is 0 Å². The second kappa shape index (κ2) is 4.97. The molecule has 1 heterocycles. The van der Waals surface area contributed by atoms with Crippen molar-refractivity contribution >= 4 is 0 Å². The Morgan fingerprint density at radius 3 is 2.53 bits per heavy atom. The number of hydrogen-bond acceptors (Lipinski definition) is 4. The van der Waals surface area contributed by atoms with E-state index < -0.39 is 0 Å². The van der Waals surface area contributed by atoms with E-state index in [1.165, 1.54) is 0 Å². The first-order valence-electron chi connectivity index (χ1n) is 5.49. The third-order valence-corrected chi connectivity index (χ3v) is 2.68. The molecule has 0 aliphatic heterocycles. The summed E-state index contributed by atoms with van der Waals surface area (Å²) < 4.78 is 7.09. The van der Waals surface area contributed by atoms with Gasteiger partial charge in [-0.15, -0.1) is 10.2 Å². The van der Waals surface area contributed by atoms with Crippen LogP contribution in [0.1, 0.15) is 5.82 Å². The summed E-state index contributed by atoms with van der Waals surface area (Å²) in [4.78, 5) is 0. The van der Waals surface area contributed by atoms with Gasteiger partial charge in [-0.25, -0.2) is 0 Å². The molecule has 5 nitrogen and oxygen atoms in total. The van der Waals surface area contributed by atoms with Crippen molar-refractivity contribution in [1.29, 1.82) is 0 Å². The molecular weight excluding hydrogens is 216 g/mol. The lowest BCUT2D eigenvalue weighted by atomic mass is 10.2. The molecule has 0 radical (unpaired) electrons. The Kier molecular flexibility index (Phi) is 3.39. The Balaban J connectivity index is 2.32. The summed E-state index contributed by atoms with van der Waals surface area (Å²) in [6.45, 7) is 0.578. The van der Waals surface area contributed by atoms with Crippen molar-refractivity contribution in [3.05, 3.63) is 30.1 Å². The molecule has 0 aliphatic rings. The number of hydrogen-bond donors (Lipinski definition) is 1. The monoisotopic (exact) mass is 232 g/mol. The summed E-state index contributed by atoms with van der Waals surface area (Å²) in [6.07, 6.45) is 0.736. The quantitative estimate of drug-likeness (QED) is 0.853. The van der Waals surface area contributed by atoms with Gasteiger partial charge in [-0.05, 0) is 30.8 Å². The zero-order chi connectivity index (χ0) is 12.3. The van der Waals surface area contributed by atoms with Gasteiger partial charge in [-0.1, -0.05) is 0 Å². The van der Waals surface area contributed by atoms with Crippen LogP contribution in [0.3, 0.4) is 0 Å². The topological polar surface area (TPSA) is 66.0 Å². The standard InChI is InChI=1S/C12H16N4O/c1-16-11(7-8-13)14-15-12(16)9-3-5-10(17-2)6-4-9/h3-6H,7-8,13H2,1-2H3. The maximum Gasteiger partial charge on any atom is 0.163 e. The van der Waals surface area contributed by atoms with Gasteiger partial charge in [0.2, 0.25) is 0 Å². The van der Waals surface area contributed by atoms with Gasteiger partial charge in [0, 0.05) is 19.0 Å². The first-order chi connectivity index (χ1) is 8.26. The molecule has 5 heteroatoms. The van der Waals surface area contributed by atoms with Gasteiger partial charge in [0.15, 0.2) is 5.82 Å². The number of ether oxygens (including phenoxy) is 1. The van der Waals surface area contributed by atoms with Crippen LogP contribution in [0.2, 0.25) is 0 Å². The molecular formula is C12H16N4O. The number of nitrogens with two attached hydrogens (primary N) is 1. The average Bonchev–Trinajstić information content (AvgIpc) is 2.72. The van der Waals surface area contributed by atoms with Gasteiger partial charge in [0.1, 0.15) is 11.6 Å². The van der Waals surface area contributed by atoms with Crippen molar-refractivity contribution in [2.45, 2.75) is 6.42 Å². The molecule has 17 heavy (non-hydrogen) atoms. The zero-order valence-corrected chi connectivity index (χ0v) is 10.1. The molecule has 0 fully saturated rings. The molecule has 0 bridgehead atoms. The highest BCUT2D eigenvalue weighted by Gasteiger charge is 2.09. The Morgan fingerprint density at radius 2 is 1.94 bits per heavy atom. The van der Waals surface area contributed by atoms with Crippen LogP contribution in [0, 0.1) is 0 Å². The van der Waals surface area contributed by atoms with E-state index in [9.17, 15) is 0 Å². The van der Waals surface area contributed by atoms with E-state index in [-0.39, 0.29) is 0 Å². The van der Waals surface area contributed by atoms with E-state index in [4.69, 9.17) is 10.5 Å². The molecule has 0 unspecified atom stereocenters. The lowest BCUT2D eigenvalue weighted by Crippen LogP contribution is -2.08. The Hall–Kier alpha value is -1.88. The summed E-state index contributed by atoms with van der Waals surface area (Å²) in [5, 5.41) is 8.30. The fourth-order valence-corrected chi connectivity index (χ4v) is 1.70. The molecule has 0 aliphatic carbocycles. The van der Waals surface area contributed by atoms with Crippen LogP contribution >= 0.6 is 0 Å². The first kappa shape index (κ1) is 11.6. The summed E-state index contributed by atoms with van der Waals surface area (Å²) in [7, 11) is 3.60. The van der Waals surface area contributed by atoms with Crippen molar-refractivity contribution in [2.75, 3.05) is 13.7 Å². The average molecular weight is 232 g/mol. The van der Waals surface area contributed by atoms with Crippen molar-refractivity contribution in [2.24, 2.45) is 12.8 Å². The number of rotatable bonds is 4. The summed E-state index contributed by atoms with van der Waals surface area (Å²) in [6, 6.07) is 7.75. The Labute approximate surface area is 100 Å². The lowest BCUT2D eigenvalue weighted by Gasteiger charge is -2.04. The molecule has 1 aromatic carbocycles. The highest BCUT2D eigenvalue weighted by Crippen LogP contribution is 2.20. The smallest absolute Gasteiger partial charge is 0.163 e. The van der Waals surface area contributed by atoms with E-state index in [0.29, 0.717) is 6.54 Å². The largest absolute Gasteiger partial charge is 0.497 e. The normalized spacial score (nSPS) is 10.5. The minimum absolute atomic E-state index is 0.578. The molecule has 90 valence electrons. The number of aromatic nitrogens is 3. The molecule has 2 rings (SSSR count). The van der Waals surface area contributed by atoms with E-state index in [2.05, 4.69) is 10.2 Å². The second-order valence-electron chi connectivity index (χ2n) is 3.77. The van der Waals surface area contributed by atoms with E-state index in [0.717, 1.165) is 29.4 Å². The van der Waals surface area contributed by atoms with Crippen molar-refractivity contribution < 1.29 is 4.74 Å². The molecule has 2 N–H and O–H groups in total. The number of benzene rings is 1. The minimum atomic E-state index is 0.578. The van der Waals surface area contributed by atoms with Crippen LogP contribution in [0.25, 0.3) is 11.4 Å². The SMILES string of the molecule is COc1ccc(-c2nnc(CCN)n2C)cc1. The van der Waals surface area contributed by atoms with Gasteiger partial charge >= 0.3 is 0 Å². The predicted molar refractivity (Wildman–Crippen MR) is 65.7 cm³/mol. The second-order valence-corrected chi connectivity index (χ2v) is 3.77. The zero-order valence-electron chi connectivity index (χ0n) is 10.1. The Morgan fingerprint density at radius 1 is 1.24 bits per heavy atom. The molecule has 0 amide bonds. The van der Waals surface area contributed by atoms with Crippen LogP contribution in [0.4, 0.5) is 0 Å². The molecule has 0 spiro atoms. The third-order valence-electron chi connectivity index (χ3n) is 2.68. The summed E-state index contributed by atoms with van der Waals surface area (Å²) >= 11 is 0. The van der Waals surface area contributed by atoms with Crippen LogP contribution in [-0.2, 0) is 13.5 Å². The molecule has 2 aromatic rings. The maximum atomic E-state index is 5.52. The van der Waals surface area contributed by atoms with Crippen molar-refractivity contribution in [1.82, 2.24) is 14.8 Å². The van der Waals surface area contributed by atoms with Crippen LogP contribution in [0.5, 0.6) is 5.75 Å². The van der Waals surface area contributed by atoms with E-state index in [1.54, 1.807) is 7.11 Å². The van der Waals surface area contributed by atoms with E-state index in [1.807, 2.05) is 35.9 Å². The number of methoxy groups -OCH3 is 1. The molecule has 0 atom stereocenters. The molecule has 0 saturated carbocycles. The van der Waals surface area contributed by atoms with Crippen molar-refractivity contribution in [3.63, 3.8) is 0 Å². The maximum absolute atomic E-state index is 5.52. The Bertz CT molecular complexity index is 490. The fraction of sp³-hybridized carbons (Fsp3) is 0.333. The minimum Gasteiger partial charge on any atom is -0.497 e. The van der Waals surface area contributed by atoms with Gasteiger partial charge < -0.3 is 15.0 Å². The van der Waals surface area contributed by atoms with Crippen molar-refractivity contribution in [3.8, 4) is 17.1 Å². The summed E-state index contributed by atoms with van der Waals surface area (Å²) in [5.41, 5.74) is 6.54. The first-order valence-corrected chi connectivity index (χ1v) is 5.49. The number of nitrogens with zero attached hydrogens (tertiary/aromatic N) is 3. The molecule has 1 aromatic heterocycles. The van der Waals surface area contributed by atoms with Gasteiger partial charge in [0.05, 0.1) is 7.11 Å². The van der Waals surface area contributed by atoms with Gasteiger partial charge in [-0.2, -0.15) is 0 Å². The lowest BCUT2D eigenvalue weighted by molar-refractivity contribution is 0.415. The third kappa shape index (κ3) is 2.29. The fourth-order valence-electron chi connectivity index (χ4n) is 1.70. The van der Waals surface area contributed by atoms with Gasteiger partial charge in [0.25, 0.3) is 0 Å².